The van der Waals surface area contributed by atoms with Crippen LogP contribution in [0.3, 0.4) is 0 Å². The summed E-state index contributed by atoms with van der Waals surface area (Å²) >= 11 is 0. The Morgan fingerprint density at radius 2 is 0.639 bits per heavy atom. The van der Waals surface area contributed by atoms with Crippen LogP contribution in [0.2, 0.25) is 0 Å². The zero-order valence-corrected chi connectivity index (χ0v) is 36.6. The molecule has 0 radical (unpaired) electrons. The number of alkyl halides is 6. The van der Waals surface area contributed by atoms with Gasteiger partial charge in [0, 0.05) is 51.4 Å². The SMILES string of the molecule is CO.CO.O=S(=O)([O-])C(F)(F)F.O=S(=O)([O-])C(F)(F)F.[Zn+2].c1ccc(CN(c2ccccn2)c2ccccn2)nc1.c1ccc(CN(c2ccccn2)c2ccccn2)nc1. The Morgan fingerprint density at radius 1 is 0.443 bits per heavy atom. The van der Waals surface area contributed by atoms with Crippen molar-refractivity contribution in [2.45, 2.75) is 24.1 Å². The van der Waals surface area contributed by atoms with Crippen LogP contribution in [0.4, 0.5) is 49.6 Å². The molecule has 0 amide bonds. The molecule has 0 aliphatic rings. The predicted octanol–water partition coefficient (Wildman–Crippen LogP) is 5.74. The molecule has 0 unspecified atom stereocenters. The van der Waals surface area contributed by atoms with Crippen molar-refractivity contribution in [3.05, 3.63) is 158 Å². The Kier molecular flexibility index (Phi) is 25.5. The van der Waals surface area contributed by atoms with E-state index in [1.54, 1.807) is 37.2 Å². The summed E-state index contributed by atoms with van der Waals surface area (Å²) in [5.41, 5.74) is -9.34. The van der Waals surface area contributed by atoms with Crippen molar-refractivity contribution in [3.63, 3.8) is 0 Å². The predicted molar refractivity (Wildman–Crippen MR) is 205 cm³/mol. The molecule has 0 saturated heterocycles. The van der Waals surface area contributed by atoms with E-state index < -0.39 is 31.3 Å². The van der Waals surface area contributed by atoms with Crippen molar-refractivity contribution in [2.75, 3.05) is 24.0 Å². The minimum Gasteiger partial charge on any atom is -0.741 e. The van der Waals surface area contributed by atoms with E-state index in [0.717, 1.165) is 48.9 Å². The monoisotopic (exact) mass is 950 g/mol. The third kappa shape index (κ3) is 21.0. The third-order valence-corrected chi connectivity index (χ3v) is 7.50. The quantitative estimate of drug-likeness (QED) is 0.0801. The molecule has 0 bridgehead atoms. The zero-order valence-electron chi connectivity index (χ0n) is 32.0. The number of anilines is 4. The Balaban J connectivity index is 0.000000823. The van der Waals surface area contributed by atoms with Gasteiger partial charge in [0.05, 0.1) is 24.5 Å². The minimum absolute atomic E-state index is 0. The van der Waals surface area contributed by atoms with E-state index in [1.807, 2.05) is 119 Å². The van der Waals surface area contributed by atoms with Crippen molar-refractivity contribution in [1.82, 2.24) is 29.9 Å². The van der Waals surface area contributed by atoms with Crippen LogP contribution in [0.15, 0.2) is 146 Å². The number of hydrogen-bond donors (Lipinski definition) is 2. The summed E-state index contributed by atoms with van der Waals surface area (Å²) in [6.07, 6.45) is 10.7. The van der Waals surface area contributed by atoms with Crippen LogP contribution in [0, 0.1) is 0 Å². The molecule has 0 aliphatic carbocycles. The summed E-state index contributed by atoms with van der Waals surface area (Å²) in [6.45, 7) is 1.27. The van der Waals surface area contributed by atoms with E-state index in [0.29, 0.717) is 13.1 Å². The molecule has 16 nitrogen and oxygen atoms in total. The summed E-state index contributed by atoms with van der Waals surface area (Å²) in [5.74, 6) is 3.43. The van der Waals surface area contributed by atoms with Crippen LogP contribution in [0.1, 0.15) is 11.4 Å². The van der Waals surface area contributed by atoms with Crippen LogP contribution in [-0.4, -0.2) is 91.3 Å². The molecule has 6 aromatic rings. The number of aromatic nitrogens is 6. The Morgan fingerprint density at radius 3 is 0.787 bits per heavy atom. The van der Waals surface area contributed by atoms with Crippen LogP contribution >= 0.6 is 0 Å². The standard InChI is InChI=1S/2C16H14N4.2CHF3O3S.2CH4O.Zn/c2*1-4-10-17-14(7-1)13-20(15-8-2-5-11-18-15)16-9-3-6-12-19-16;2*2-1(3,4)8(5,6)7;2*1-2;/h2*1-12H,13H2;2*(H,5,6,7);2*2H,1H3;/q;;;;;;+2/p-2. The van der Waals surface area contributed by atoms with Gasteiger partial charge in [-0.3, -0.25) is 9.97 Å². The first-order valence-corrected chi connectivity index (χ1v) is 19.1. The summed E-state index contributed by atoms with van der Waals surface area (Å²) in [7, 11) is -10.2. The van der Waals surface area contributed by atoms with E-state index in [9.17, 15) is 26.3 Å². The van der Waals surface area contributed by atoms with Crippen LogP contribution in [0.25, 0.3) is 0 Å². The van der Waals surface area contributed by atoms with E-state index in [-0.39, 0.29) is 19.5 Å². The molecule has 0 fully saturated rings. The summed E-state index contributed by atoms with van der Waals surface area (Å²) < 4.78 is 118. The number of rotatable bonds is 8. The maximum Gasteiger partial charge on any atom is 2.00 e. The molecule has 0 aliphatic heterocycles. The molecule has 0 aromatic carbocycles. The van der Waals surface area contributed by atoms with Gasteiger partial charge < -0.3 is 29.1 Å². The Bertz CT molecular complexity index is 2010. The van der Waals surface area contributed by atoms with Crippen LogP contribution in [-0.2, 0) is 52.8 Å². The van der Waals surface area contributed by atoms with Gasteiger partial charge in [-0.25, -0.2) is 36.8 Å². The number of aliphatic hydroxyl groups excluding tert-OH is 2. The molecule has 0 spiro atoms. The first kappa shape index (κ1) is 55.4. The van der Waals surface area contributed by atoms with Gasteiger partial charge in [0.25, 0.3) is 0 Å². The Hall–Kier alpha value is -5.56. The van der Waals surface area contributed by atoms with Crippen molar-refractivity contribution in [2.24, 2.45) is 0 Å². The number of hydrogen-bond acceptors (Lipinski definition) is 16. The summed E-state index contributed by atoms with van der Waals surface area (Å²) in [5, 5.41) is 14.0. The van der Waals surface area contributed by atoms with Gasteiger partial charge in [0.1, 0.15) is 23.3 Å². The second-order valence-electron chi connectivity index (χ2n) is 10.4. The molecular formula is C36H36F6N8O8S2Zn. The first-order valence-electron chi connectivity index (χ1n) is 16.3. The third-order valence-electron chi connectivity index (χ3n) is 6.36. The van der Waals surface area contributed by atoms with Gasteiger partial charge in [-0.05, 0) is 72.8 Å². The van der Waals surface area contributed by atoms with Gasteiger partial charge in [-0.2, -0.15) is 26.3 Å². The van der Waals surface area contributed by atoms with Crippen LogP contribution < -0.4 is 9.80 Å². The average molecular weight is 952 g/mol. The van der Waals surface area contributed by atoms with E-state index in [2.05, 4.69) is 29.9 Å². The van der Waals surface area contributed by atoms with Crippen LogP contribution in [0.5, 0.6) is 0 Å². The second-order valence-corrected chi connectivity index (χ2v) is 13.1. The summed E-state index contributed by atoms with van der Waals surface area (Å²) in [6, 6.07) is 35.2. The maximum atomic E-state index is 10.7. The van der Waals surface area contributed by atoms with Crippen molar-refractivity contribution >= 4 is 43.5 Å². The summed E-state index contributed by atoms with van der Waals surface area (Å²) in [4.78, 5) is 30.5. The number of pyridine rings is 6. The molecule has 324 valence electrons. The molecule has 61 heavy (non-hydrogen) atoms. The number of aliphatic hydroxyl groups is 2. The first-order chi connectivity index (χ1) is 28.4. The minimum atomic E-state index is -6.09. The molecule has 6 rings (SSSR count). The maximum absolute atomic E-state index is 10.7. The van der Waals surface area contributed by atoms with Gasteiger partial charge >= 0.3 is 30.5 Å². The molecule has 2 N–H and O–H groups in total. The van der Waals surface area contributed by atoms with Crippen molar-refractivity contribution in [3.8, 4) is 0 Å². The number of nitrogens with zero attached hydrogens (tertiary/aromatic N) is 8. The van der Waals surface area contributed by atoms with Gasteiger partial charge in [0.15, 0.2) is 20.2 Å². The fraction of sp³-hybridized carbons (Fsp3) is 0.167. The number of halogens is 6. The van der Waals surface area contributed by atoms with E-state index in [1.165, 1.54) is 0 Å². The average Bonchev–Trinajstić information content (AvgIpc) is 3.25. The van der Waals surface area contributed by atoms with E-state index in [4.69, 9.17) is 36.2 Å². The fourth-order valence-electron chi connectivity index (χ4n) is 3.92. The Labute approximate surface area is 359 Å². The molecule has 0 atom stereocenters. The molecular weight excluding hydrogens is 916 g/mol. The van der Waals surface area contributed by atoms with Gasteiger partial charge in [0.2, 0.25) is 0 Å². The smallest absolute Gasteiger partial charge is 0.741 e. The second kappa shape index (κ2) is 28.1. The van der Waals surface area contributed by atoms with Gasteiger partial charge in [-0.15, -0.1) is 0 Å². The topological polar surface area (TPSA) is 239 Å². The fourth-order valence-corrected chi connectivity index (χ4v) is 3.92. The molecule has 6 aromatic heterocycles. The van der Waals surface area contributed by atoms with Crippen molar-refractivity contribution < 1.29 is 82.0 Å². The van der Waals surface area contributed by atoms with Crippen molar-refractivity contribution in [1.29, 1.82) is 0 Å². The normalized spacial score (nSPS) is 10.6. The van der Waals surface area contributed by atoms with E-state index >= 15 is 0 Å². The molecule has 6 heterocycles. The molecule has 0 saturated carbocycles. The largest absolute Gasteiger partial charge is 2.00 e. The van der Waals surface area contributed by atoms with Gasteiger partial charge in [-0.1, -0.05) is 36.4 Å². The molecule has 25 heteroatoms. The zero-order chi connectivity index (χ0) is 45.2.